The summed E-state index contributed by atoms with van der Waals surface area (Å²) in [6, 6.07) is 2.43. The molecule has 0 bridgehead atoms. The molecule has 0 radical (unpaired) electrons. The zero-order valence-corrected chi connectivity index (χ0v) is 23.9. The van der Waals surface area contributed by atoms with Crippen LogP contribution in [0.1, 0.15) is 12.8 Å². The fraction of sp³-hybridized carbons (Fsp3) is 1.00. The Bertz CT molecular complexity index is 316. The SMILES string of the molecule is COCCC[Si](C)(C)O[Si](C)(C)C.COCCC[Si](C)(C)O[Si](C)(C)C. The van der Waals surface area contributed by atoms with Gasteiger partial charge in [-0.05, 0) is 90.4 Å². The molecule has 0 unspecified atom stereocenters. The Morgan fingerprint density at radius 3 is 0.962 bits per heavy atom. The van der Waals surface area contributed by atoms with Crippen LogP contribution in [0.25, 0.3) is 0 Å². The van der Waals surface area contributed by atoms with Crippen molar-refractivity contribution in [2.45, 2.75) is 90.4 Å². The molecule has 4 nitrogen and oxygen atoms in total. The van der Waals surface area contributed by atoms with Crippen molar-refractivity contribution in [3.8, 4) is 0 Å². The maximum absolute atomic E-state index is 6.19. The Balaban J connectivity index is 0. The second-order valence-electron chi connectivity index (χ2n) is 10.1. The van der Waals surface area contributed by atoms with E-state index in [1.54, 1.807) is 14.2 Å². The largest absolute Gasteiger partial charge is 0.456 e. The van der Waals surface area contributed by atoms with Gasteiger partial charge in [-0.25, -0.2) is 0 Å². The van der Waals surface area contributed by atoms with Gasteiger partial charge in [-0.1, -0.05) is 0 Å². The zero-order valence-electron chi connectivity index (χ0n) is 19.9. The highest BCUT2D eigenvalue weighted by atomic mass is 28.4. The van der Waals surface area contributed by atoms with Gasteiger partial charge in [0.15, 0.2) is 33.3 Å². The predicted octanol–water partition coefficient (Wildman–Crippen LogP) is 6.16. The molecule has 0 aromatic heterocycles. The maximum atomic E-state index is 6.19. The van der Waals surface area contributed by atoms with E-state index in [4.69, 9.17) is 17.7 Å². The van der Waals surface area contributed by atoms with Crippen LogP contribution in [0.2, 0.25) is 77.6 Å². The summed E-state index contributed by atoms with van der Waals surface area (Å²) < 4.78 is 22.5. The fourth-order valence-electron chi connectivity index (χ4n) is 3.04. The molecule has 0 aromatic rings. The summed E-state index contributed by atoms with van der Waals surface area (Å²) in [7, 11) is -1.94. The number of ether oxygens (including phenoxy) is 2. The molecular weight excluding hydrogens is 393 g/mol. The molecule has 0 heterocycles. The topological polar surface area (TPSA) is 36.9 Å². The lowest BCUT2D eigenvalue weighted by Gasteiger charge is -2.31. The van der Waals surface area contributed by atoms with Crippen molar-refractivity contribution in [2.75, 3.05) is 27.4 Å². The van der Waals surface area contributed by atoms with E-state index in [0.29, 0.717) is 0 Å². The van der Waals surface area contributed by atoms with E-state index in [2.05, 4.69) is 65.5 Å². The van der Waals surface area contributed by atoms with Crippen molar-refractivity contribution in [3.05, 3.63) is 0 Å². The average molecular weight is 441 g/mol. The Morgan fingerprint density at radius 1 is 0.500 bits per heavy atom. The number of methoxy groups -OCH3 is 2. The third-order valence-electron chi connectivity index (χ3n) is 3.42. The molecule has 160 valence electrons. The third kappa shape index (κ3) is 22.7. The summed E-state index contributed by atoms with van der Waals surface area (Å²) in [4.78, 5) is 0. The molecule has 0 N–H and O–H groups in total. The number of hydrogen-bond donors (Lipinski definition) is 0. The lowest BCUT2D eigenvalue weighted by Crippen LogP contribution is -2.42. The van der Waals surface area contributed by atoms with E-state index in [1.807, 2.05) is 0 Å². The van der Waals surface area contributed by atoms with E-state index in [1.165, 1.54) is 12.1 Å². The number of rotatable bonds is 12. The van der Waals surface area contributed by atoms with E-state index in [9.17, 15) is 0 Å². The standard InChI is InChI=1S/2C9H24O2Si2/c2*1-10-8-7-9-13(5,6)11-12(2,3)4/h2*7-9H2,1-6H3. The van der Waals surface area contributed by atoms with Gasteiger partial charge >= 0.3 is 0 Å². The third-order valence-corrected chi connectivity index (χ3v) is 15.9. The quantitative estimate of drug-likeness (QED) is 0.269. The molecule has 0 amide bonds. The van der Waals surface area contributed by atoms with Gasteiger partial charge in [0.05, 0.1) is 0 Å². The highest BCUT2D eigenvalue weighted by Crippen LogP contribution is 2.20. The molecule has 0 saturated carbocycles. The first-order valence-corrected chi connectivity index (χ1v) is 23.0. The number of hydrogen-bond acceptors (Lipinski definition) is 4. The maximum Gasteiger partial charge on any atom is 0.173 e. The zero-order chi connectivity index (χ0) is 21.1. The minimum Gasteiger partial charge on any atom is -0.456 e. The Kier molecular flexibility index (Phi) is 14.5. The molecule has 0 aromatic carbocycles. The first kappa shape index (κ1) is 28.9. The van der Waals surface area contributed by atoms with E-state index in [-0.39, 0.29) is 0 Å². The summed E-state index contributed by atoms with van der Waals surface area (Å²) in [5.74, 6) is 0. The highest BCUT2D eigenvalue weighted by Gasteiger charge is 2.29. The molecule has 0 aliphatic carbocycles. The molecule has 8 heteroatoms. The predicted molar refractivity (Wildman–Crippen MR) is 126 cm³/mol. The molecule has 26 heavy (non-hydrogen) atoms. The van der Waals surface area contributed by atoms with Gasteiger partial charge in [0, 0.05) is 27.4 Å². The fourth-order valence-corrected chi connectivity index (χ4v) is 19.1. The van der Waals surface area contributed by atoms with Crippen LogP contribution in [0, 0.1) is 0 Å². The molecular formula is C18H48O4Si4. The summed E-state index contributed by atoms with van der Waals surface area (Å²) >= 11 is 0. The van der Waals surface area contributed by atoms with Gasteiger partial charge in [0.25, 0.3) is 0 Å². The van der Waals surface area contributed by atoms with Crippen molar-refractivity contribution < 1.29 is 17.7 Å². The average Bonchev–Trinajstić information content (AvgIpc) is 2.33. The van der Waals surface area contributed by atoms with Crippen molar-refractivity contribution in [1.29, 1.82) is 0 Å². The van der Waals surface area contributed by atoms with Crippen LogP contribution in [0.5, 0.6) is 0 Å². The van der Waals surface area contributed by atoms with Crippen LogP contribution in [0.4, 0.5) is 0 Å². The summed E-state index contributed by atoms with van der Waals surface area (Å²) in [6.07, 6.45) is 2.28. The van der Waals surface area contributed by atoms with E-state index in [0.717, 1.165) is 26.1 Å². The monoisotopic (exact) mass is 440 g/mol. The first-order chi connectivity index (χ1) is 11.5. The van der Waals surface area contributed by atoms with Gasteiger partial charge in [0.2, 0.25) is 0 Å². The lowest BCUT2D eigenvalue weighted by atomic mass is 10.5. The van der Waals surface area contributed by atoms with Crippen LogP contribution < -0.4 is 0 Å². The van der Waals surface area contributed by atoms with Crippen LogP contribution >= 0.6 is 0 Å². The Labute approximate surface area is 168 Å². The van der Waals surface area contributed by atoms with Crippen molar-refractivity contribution in [2.24, 2.45) is 0 Å². The molecule has 0 spiro atoms. The van der Waals surface area contributed by atoms with Gasteiger partial charge in [-0.15, -0.1) is 0 Å². The Morgan fingerprint density at radius 2 is 0.769 bits per heavy atom. The van der Waals surface area contributed by atoms with E-state index >= 15 is 0 Å². The minimum absolute atomic E-state index is 0.867. The molecule has 0 aliphatic rings. The van der Waals surface area contributed by atoms with Crippen molar-refractivity contribution >= 4 is 33.3 Å². The van der Waals surface area contributed by atoms with Gasteiger partial charge < -0.3 is 17.7 Å². The second-order valence-corrected chi connectivity index (χ2v) is 28.3. The second kappa shape index (κ2) is 13.0. The molecule has 0 rings (SSSR count). The summed E-state index contributed by atoms with van der Waals surface area (Å²) in [5.41, 5.74) is 0. The first-order valence-electron chi connectivity index (χ1n) is 9.92. The Hall–Kier alpha value is 0.708. The highest BCUT2D eigenvalue weighted by molar-refractivity contribution is 6.84. The van der Waals surface area contributed by atoms with Gasteiger partial charge in [-0.3, -0.25) is 0 Å². The van der Waals surface area contributed by atoms with Crippen molar-refractivity contribution in [1.82, 2.24) is 0 Å². The van der Waals surface area contributed by atoms with Crippen LogP contribution in [-0.2, 0) is 17.7 Å². The normalized spacial score (nSPS) is 13.4. The molecule has 0 saturated heterocycles. The molecule has 0 atom stereocenters. The van der Waals surface area contributed by atoms with Crippen LogP contribution in [0.15, 0.2) is 0 Å². The van der Waals surface area contributed by atoms with Crippen LogP contribution in [-0.4, -0.2) is 60.7 Å². The van der Waals surface area contributed by atoms with E-state index < -0.39 is 33.3 Å². The van der Waals surface area contributed by atoms with Gasteiger partial charge in [0.1, 0.15) is 0 Å². The lowest BCUT2D eigenvalue weighted by molar-refractivity contribution is 0.198. The summed E-state index contributed by atoms with van der Waals surface area (Å²) in [5, 5.41) is 0. The minimum atomic E-state index is -1.39. The van der Waals surface area contributed by atoms with Crippen LogP contribution in [0.3, 0.4) is 0 Å². The van der Waals surface area contributed by atoms with Gasteiger partial charge in [-0.2, -0.15) is 0 Å². The summed E-state index contributed by atoms with van der Waals surface area (Å²) in [6.45, 7) is 24.5. The molecule has 0 aliphatic heterocycles. The van der Waals surface area contributed by atoms with Crippen molar-refractivity contribution in [3.63, 3.8) is 0 Å². The smallest absolute Gasteiger partial charge is 0.173 e. The molecule has 0 fully saturated rings.